The maximum atomic E-state index is 13.2. The zero-order valence-corrected chi connectivity index (χ0v) is 17.3. The standard InChI is InChI=1S/C20H19BrFN5O3/c21-15-5-1-12(2-6-15)9-14(10-18(28)26-30)19(17-11-23-27-25-17)24-20(29)13-3-7-16(22)8-4-13/h1-8,11,14,19,30H,9-10H2,(H,24,29)(H,26,28)(H,23,25,27). The van der Waals surface area contributed by atoms with Gasteiger partial charge in [0.2, 0.25) is 5.91 Å². The molecule has 0 saturated carbocycles. The van der Waals surface area contributed by atoms with Gasteiger partial charge >= 0.3 is 0 Å². The molecule has 1 aromatic heterocycles. The van der Waals surface area contributed by atoms with Crippen molar-refractivity contribution in [1.82, 2.24) is 26.2 Å². The topological polar surface area (TPSA) is 120 Å². The minimum absolute atomic E-state index is 0.0756. The molecule has 30 heavy (non-hydrogen) atoms. The van der Waals surface area contributed by atoms with Crippen molar-refractivity contribution in [3.8, 4) is 0 Å². The number of halogens is 2. The molecule has 0 spiro atoms. The molecule has 2 aromatic carbocycles. The fraction of sp³-hybridized carbons (Fsp3) is 0.200. The van der Waals surface area contributed by atoms with Crippen molar-refractivity contribution in [2.45, 2.75) is 18.9 Å². The van der Waals surface area contributed by atoms with Crippen molar-refractivity contribution in [2.75, 3.05) is 0 Å². The van der Waals surface area contributed by atoms with Crippen molar-refractivity contribution >= 4 is 27.7 Å². The molecule has 0 aliphatic rings. The lowest BCUT2D eigenvalue weighted by molar-refractivity contribution is -0.130. The molecule has 4 N–H and O–H groups in total. The van der Waals surface area contributed by atoms with Crippen LogP contribution in [0.25, 0.3) is 0 Å². The summed E-state index contributed by atoms with van der Waals surface area (Å²) < 4.78 is 14.1. The number of aromatic nitrogens is 3. The summed E-state index contributed by atoms with van der Waals surface area (Å²) in [5.74, 6) is -1.95. The largest absolute Gasteiger partial charge is 0.343 e. The second kappa shape index (κ2) is 10.1. The molecule has 2 atom stereocenters. The number of hydrogen-bond donors (Lipinski definition) is 4. The highest BCUT2D eigenvalue weighted by atomic mass is 79.9. The van der Waals surface area contributed by atoms with Crippen LogP contribution < -0.4 is 10.8 Å². The number of carbonyl (C=O) groups excluding carboxylic acids is 2. The summed E-state index contributed by atoms with van der Waals surface area (Å²) in [5, 5.41) is 22.2. The molecule has 10 heteroatoms. The van der Waals surface area contributed by atoms with Gasteiger partial charge < -0.3 is 5.32 Å². The Morgan fingerprint density at radius 2 is 1.83 bits per heavy atom. The van der Waals surface area contributed by atoms with E-state index in [2.05, 4.69) is 36.7 Å². The van der Waals surface area contributed by atoms with Gasteiger partial charge in [0.25, 0.3) is 5.91 Å². The maximum absolute atomic E-state index is 13.2. The Balaban J connectivity index is 1.90. The Bertz CT molecular complexity index is 981. The number of benzene rings is 2. The van der Waals surface area contributed by atoms with Gasteiger partial charge in [-0.15, -0.1) is 5.10 Å². The normalized spacial score (nSPS) is 12.8. The van der Waals surface area contributed by atoms with Crippen LogP contribution in [0.2, 0.25) is 0 Å². The molecule has 3 aromatic rings. The highest BCUT2D eigenvalue weighted by Gasteiger charge is 2.29. The quantitative estimate of drug-likeness (QED) is 0.295. The first-order valence-corrected chi connectivity index (χ1v) is 9.85. The third-order valence-corrected chi connectivity index (χ3v) is 5.13. The number of carbonyl (C=O) groups is 2. The SMILES string of the molecule is O=C(CC(Cc1ccc(Br)cc1)C(NC(=O)c1ccc(F)cc1)c1c[nH]nn1)NO. The van der Waals surface area contributed by atoms with Gasteiger partial charge in [-0.1, -0.05) is 33.3 Å². The van der Waals surface area contributed by atoms with E-state index in [1.165, 1.54) is 30.5 Å². The Kier molecular flexibility index (Phi) is 7.26. The van der Waals surface area contributed by atoms with Crippen molar-refractivity contribution < 1.29 is 19.2 Å². The van der Waals surface area contributed by atoms with E-state index >= 15 is 0 Å². The van der Waals surface area contributed by atoms with Gasteiger partial charge in [0, 0.05) is 22.7 Å². The summed E-state index contributed by atoms with van der Waals surface area (Å²) in [5.41, 5.74) is 3.26. The van der Waals surface area contributed by atoms with Gasteiger partial charge in [-0.2, -0.15) is 0 Å². The molecular weight excluding hydrogens is 457 g/mol. The van der Waals surface area contributed by atoms with Crippen molar-refractivity contribution in [3.63, 3.8) is 0 Å². The van der Waals surface area contributed by atoms with Gasteiger partial charge in [0.1, 0.15) is 11.5 Å². The summed E-state index contributed by atoms with van der Waals surface area (Å²) in [4.78, 5) is 24.7. The number of nitrogens with one attached hydrogen (secondary N) is 3. The number of hydroxylamine groups is 1. The average Bonchev–Trinajstić information content (AvgIpc) is 3.28. The molecule has 0 radical (unpaired) electrons. The van der Waals surface area contributed by atoms with E-state index in [0.717, 1.165) is 10.0 Å². The monoisotopic (exact) mass is 475 g/mol. The molecule has 0 bridgehead atoms. The van der Waals surface area contributed by atoms with E-state index in [9.17, 15) is 14.0 Å². The second-order valence-electron chi connectivity index (χ2n) is 6.69. The van der Waals surface area contributed by atoms with E-state index in [-0.39, 0.29) is 12.0 Å². The molecule has 0 aliphatic carbocycles. The summed E-state index contributed by atoms with van der Waals surface area (Å²) in [6.07, 6.45) is 1.87. The predicted molar refractivity (Wildman–Crippen MR) is 109 cm³/mol. The summed E-state index contributed by atoms with van der Waals surface area (Å²) in [6.45, 7) is 0. The first-order chi connectivity index (χ1) is 14.5. The fourth-order valence-corrected chi connectivity index (χ4v) is 3.40. The van der Waals surface area contributed by atoms with Crippen LogP contribution in [0, 0.1) is 11.7 Å². The number of amides is 2. The molecular formula is C20H19BrFN5O3. The minimum Gasteiger partial charge on any atom is -0.343 e. The lowest BCUT2D eigenvalue weighted by Crippen LogP contribution is -2.37. The summed E-state index contributed by atoms with van der Waals surface area (Å²) in [7, 11) is 0. The smallest absolute Gasteiger partial charge is 0.251 e. The van der Waals surface area contributed by atoms with E-state index < -0.39 is 29.6 Å². The van der Waals surface area contributed by atoms with E-state index in [0.29, 0.717) is 12.1 Å². The van der Waals surface area contributed by atoms with Crippen LogP contribution in [0.3, 0.4) is 0 Å². The predicted octanol–water partition coefficient (Wildman–Crippen LogP) is 2.93. The van der Waals surface area contributed by atoms with Crippen LogP contribution in [-0.4, -0.2) is 32.4 Å². The first kappa shape index (κ1) is 21.6. The maximum Gasteiger partial charge on any atom is 0.251 e. The third-order valence-electron chi connectivity index (χ3n) is 4.60. The molecule has 0 fully saturated rings. The number of H-pyrrole nitrogens is 1. The number of aromatic amines is 1. The fourth-order valence-electron chi connectivity index (χ4n) is 3.14. The molecule has 2 unspecified atom stereocenters. The van der Waals surface area contributed by atoms with Crippen LogP contribution in [-0.2, 0) is 11.2 Å². The molecule has 0 aliphatic heterocycles. The van der Waals surface area contributed by atoms with Crippen LogP contribution in [0.5, 0.6) is 0 Å². The number of nitrogens with zero attached hydrogens (tertiary/aromatic N) is 2. The van der Waals surface area contributed by atoms with Gasteiger partial charge in [-0.05, 0) is 54.3 Å². The van der Waals surface area contributed by atoms with Crippen LogP contribution in [0.1, 0.15) is 34.1 Å². The van der Waals surface area contributed by atoms with E-state index in [4.69, 9.17) is 5.21 Å². The van der Waals surface area contributed by atoms with Crippen LogP contribution in [0.4, 0.5) is 4.39 Å². The van der Waals surface area contributed by atoms with E-state index in [1.807, 2.05) is 24.3 Å². The molecule has 2 amide bonds. The number of hydrogen-bond acceptors (Lipinski definition) is 5. The Hall–Kier alpha value is -3.11. The summed E-state index contributed by atoms with van der Waals surface area (Å²) >= 11 is 3.38. The lowest BCUT2D eigenvalue weighted by atomic mass is 9.87. The Morgan fingerprint density at radius 1 is 1.13 bits per heavy atom. The second-order valence-corrected chi connectivity index (χ2v) is 7.60. The molecule has 3 rings (SSSR count). The summed E-state index contributed by atoms with van der Waals surface area (Å²) in [6, 6.07) is 12.0. The highest BCUT2D eigenvalue weighted by molar-refractivity contribution is 9.10. The lowest BCUT2D eigenvalue weighted by Gasteiger charge is -2.26. The average molecular weight is 476 g/mol. The van der Waals surface area contributed by atoms with Crippen molar-refractivity contribution in [2.24, 2.45) is 5.92 Å². The zero-order chi connectivity index (χ0) is 21.5. The van der Waals surface area contributed by atoms with Gasteiger partial charge in [0.15, 0.2) is 0 Å². The number of rotatable bonds is 8. The van der Waals surface area contributed by atoms with Crippen LogP contribution in [0.15, 0.2) is 59.2 Å². The van der Waals surface area contributed by atoms with E-state index in [1.54, 1.807) is 5.48 Å². The van der Waals surface area contributed by atoms with Crippen molar-refractivity contribution in [1.29, 1.82) is 0 Å². The Labute approximate surface area is 180 Å². The molecule has 156 valence electrons. The highest BCUT2D eigenvalue weighted by Crippen LogP contribution is 2.28. The van der Waals surface area contributed by atoms with Gasteiger partial charge in [-0.25, -0.2) is 9.87 Å². The molecule has 1 heterocycles. The first-order valence-electron chi connectivity index (χ1n) is 9.06. The third kappa shape index (κ3) is 5.71. The zero-order valence-electron chi connectivity index (χ0n) is 15.7. The van der Waals surface area contributed by atoms with Gasteiger partial charge in [0.05, 0.1) is 6.04 Å². The van der Waals surface area contributed by atoms with Crippen molar-refractivity contribution in [3.05, 3.63) is 81.8 Å². The Morgan fingerprint density at radius 3 is 2.43 bits per heavy atom. The molecule has 8 nitrogen and oxygen atoms in total. The molecule has 0 saturated heterocycles. The van der Waals surface area contributed by atoms with Gasteiger partial charge in [-0.3, -0.25) is 19.9 Å². The van der Waals surface area contributed by atoms with Crippen LogP contribution >= 0.6 is 15.9 Å². The minimum atomic E-state index is -0.692.